The van der Waals surface area contributed by atoms with Crippen LogP contribution in [-0.4, -0.2) is 57.0 Å². The van der Waals surface area contributed by atoms with Gasteiger partial charge in [0, 0.05) is 36.1 Å². The van der Waals surface area contributed by atoms with Crippen molar-refractivity contribution < 1.29 is 17.9 Å². The second-order valence-electron chi connectivity index (χ2n) is 5.97. The molecule has 1 N–H and O–H groups in total. The van der Waals surface area contributed by atoms with Crippen LogP contribution in [0.5, 0.6) is 0 Å². The lowest BCUT2D eigenvalue weighted by molar-refractivity contribution is 0.0596. The third-order valence-corrected chi connectivity index (χ3v) is 6.50. The molecule has 2 aromatic rings. The summed E-state index contributed by atoms with van der Waals surface area (Å²) in [7, 11) is -0.584. The number of sulfonamides is 1. The topological polar surface area (TPSA) is 88.6 Å². The number of benzene rings is 1. The molecule has 1 fully saturated rings. The summed E-state index contributed by atoms with van der Waals surface area (Å²) in [5.74, 6) is -0.589. The predicted octanol–water partition coefficient (Wildman–Crippen LogP) is 1.82. The lowest BCUT2D eigenvalue weighted by atomic mass is 10.1. The van der Waals surface area contributed by atoms with E-state index in [0.29, 0.717) is 23.9 Å². The number of hydrogen-bond donors (Lipinski definition) is 1. The fourth-order valence-corrected chi connectivity index (χ4v) is 5.26. The van der Waals surface area contributed by atoms with Gasteiger partial charge >= 0.3 is 5.97 Å². The number of hydrogen-bond acceptors (Lipinski definition) is 6. The van der Waals surface area contributed by atoms with Crippen LogP contribution in [0.4, 0.5) is 0 Å². The van der Waals surface area contributed by atoms with Crippen molar-refractivity contribution in [3.63, 3.8) is 0 Å². The number of likely N-dealkylation sites (N-methyl/N-ethyl adjacent to an activating group) is 1. The molecule has 0 saturated carbocycles. The van der Waals surface area contributed by atoms with Crippen molar-refractivity contribution in [2.24, 2.45) is 0 Å². The van der Waals surface area contributed by atoms with E-state index >= 15 is 0 Å². The summed E-state index contributed by atoms with van der Waals surface area (Å²) in [5.41, 5.74) is 0.116. The van der Waals surface area contributed by atoms with Crippen LogP contribution in [0.15, 0.2) is 35.4 Å². The van der Waals surface area contributed by atoms with Crippen molar-refractivity contribution in [2.75, 3.05) is 27.2 Å². The first-order valence-corrected chi connectivity index (χ1v) is 9.57. The summed E-state index contributed by atoms with van der Waals surface area (Å²) >= 11 is 0. The largest absolute Gasteiger partial charge is 0.464 e. The maximum atomic E-state index is 13.2. The van der Waals surface area contributed by atoms with E-state index in [2.05, 4.69) is 10.3 Å². The highest BCUT2D eigenvalue weighted by Gasteiger charge is 2.35. The van der Waals surface area contributed by atoms with Gasteiger partial charge in [0.15, 0.2) is 5.69 Å². The Morgan fingerprint density at radius 1 is 1.35 bits per heavy atom. The Morgan fingerprint density at radius 3 is 2.81 bits per heavy atom. The molecule has 0 aliphatic carbocycles. The van der Waals surface area contributed by atoms with Gasteiger partial charge in [0.25, 0.3) is 0 Å². The number of rotatable bonds is 5. The molecule has 142 valence electrons. The minimum Gasteiger partial charge on any atom is -0.464 e. The molecule has 1 atom stereocenters. The number of nitrogens with one attached hydrogen (secondary N) is 1. The van der Waals surface area contributed by atoms with Crippen molar-refractivity contribution in [2.45, 2.75) is 23.8 Å². The summed E-state index contributed by atoms with van der Waals surface area (Å²) in [6, 6.07) is 6.45. The first kappa shape index (κ1) is 20.6. The quantitative estimate of drug-likeness (QED) is 0.771. The van der Waals surface area contributed by atoms with E-state index < -0.39 is 16.0 Å². The van der Waals surface area contributed by atoms with E-state index in [-0.39, 0.29) is 29.0 Å². The van der Waals surface area contributed by atoms with Crippen molar-refractivity contribution in [1.29, 1.82) is 0 Å². The molecular formula is C17H22ClN3O4S. The maximum Gasteiger partial charge on any atom is 0.357 e. The van der Waals surface area contributed by atoms with Crippen LogP contribution in [-0.2, 0) is 14.8 Å². The molecule has 0 spiro atoms. The average molecular weight is 400 g/mol. The monoisotopic (exact) mass is 399 g/mol. The van der Waals surface area contributed by atoms with Crippen LogP contribution in [0.25, 0.3) is 10.8 Å². The average Bonchev–Trinajstić information content (AvgIpc) is 3.09. The molecule has 0 radical (unpaired) electrons. The van der Waals surface area contributed by atoms with E-state index in [1.54, 1.807) is 28.6 Å². The number of esters is 1. The molecule has 2 heterocycles. The lowest BCUT2D eigenvalue weighted by Crippen LogP contribution is -2.40. The molecule has 1 aromatic carbocycles. The van der Waals surface area contributed by atoms with Gasteiger partial charge in [0.2, 0.25) is 10.0 Å². The molecule has 1 aliphatic heterocycles. The molecule has 0 amide bonds. The van der Waals surface area contributed by atoms with Crippen LogP contribution in [0, 0.1) is 0 Å². The smallest absolute Gasteiger partial charge is 0.357 e. The van der Waals surface area contributed by atoms with Gasteiger partial charge in [0.1, 0.15) is 0 Å². The molecule has 1 aliphatic rings. The van der Waals surface area contributed by atoms with Crippen LogP contribution in [0.2, 0.25) is 0 Å². The molecule has 3 rings (SSSR count). The summed E-state index contributed by atoms with van der Waals surface area (Å²) in [4.78, 5) is 16.2. The Hall–Kier alpha value is -1.74. The summed E-state index contributed by atoms with van der Waals surface area (Å²) in [6.07, 6.45) is 3.10. The summed E-state index contributed by atoms with van der Waals surface area (Å²) in [5, 5.41) is 4.01. The zero-order chi connectivity index (χ0) is 18.0. The van der Waals surface area contributed by atoms with Crippen molar-refractivity contribution in [3.05, 3.63) is 36.2 Å². The molecule has 1 aromatic heterocycles. The van der Waals surface area contributed by atoms with Crippen LogP contribution in [0.1, 0.15) is 23.3 Å². The number of carbonyl (C=O) groups is 1. The van der Waals surface area contributed by atoms with Crippen molar-refractivity contribution in [1.82, 2.24) is 14.6 Å². The van der Waals surface area contributed by atoms with Crippen molar-refractivity contribution in [3.8, 4) is 0 Å². The van der Waals surface area contributed by atoms with Gasteiger partial charge in [0.05, 0.1) is 12.0 Å². The molecule has 9 heteroatoms. The molecular weight excluding hydrogens is 378 g/mol. The standard InChI is InChI=1S/C17H21N3O4S.ClH/c1-18-11-12-5-4-10-20(12)25(22,23)15-7-3-6-14-13(15)8-9-19-16(14)17(21)24-2;/h3,6-9,12,18H,4-5,10-11H2,1-2H3;1H. The van der Waals surface area contributed by atoms with Gasteiger partial charge in [-0.05, 0) is 32.0 Å². The predicted molar refractivity (Wildman–Crippen MR) is 101 cm³/mol. The number of methoxy groups -OCH3 is 1. The minimum absolute atomic E-state index is 0. The maximum absolute atomic E-state index is 13.2. The van der Waals surface area contributed by atoms with Crippen LogP contribution >= 0.6 is 12.4 Å². The van der Waals surface area contributed by atoms with Gasteiger partial charge in [-0.25, -0.2) is 18.2 Å². The molecule has 7 nitrogen and oxygen atoms in total. The van der Waals surface area contributed by atoms with Gasteiger partial charge < -0.3 is 10.1 Å². The fraction of sp³-hybridized carbons (Fsp3) is 0.412. The normalized spacial score (nSPS) is 17.8. The number of aromatic nitrogens is 1. The molecule has 0 bridgehead atoms. The number of pyridine rings is 1. The first-order chi connectivity index (χ1) is 12.0. The first-order valence-electron chi connectivity index (χ1n) is 8.13. The Morgan fingerprint density at radius 2 is 2.12 bits per heavy atom. The van der Waals surface area contributed by atoms with E-state index in [1.165, 1.54) is 13.3 Å². The Kier molecular flexibility index (Phi) is 6.57. The zero-order valence-corrected chi connectivity index (χ0v) is 16.3. The highest BCUT2D eigenvalue weighted by Crippen LogP contribution is 2.31. The number of nitrogens with zero attached hydrogens (tertiary/aromatic N) is 2. The SMILES string of the molecule is CNCC1CCCN1S(=O)(=O)c1cccc2c(C(=O)OC)nccc12.Cl. The number of halogens is 1. The number of fused-ring (bicyclic) bond motifs is 1. The van der Waals surface area contributed by atoms with Gasteiger partial charge in [-0.3, -0.25) is 0 Å². The second-order valence-corrected chi connectivity index (χ2v) is 7.83. The zero-order valence-electron chi connectivity index (χ0n) is 14.6. The van der Waals surface area contributed by atoms with E-state index in [1.807, 2.05) is 7.05 Å². The van der Waals surface area contributed by atoms with Gasteiger partial charge in [-0.15, -0.1) is 12.4 Å². The van der Waals surface area contributed by atoms with Crippen LogP contribution < -0.4 is 5.32 Å². The Labute approximate surface area is 159 Å². The number of carbonyl (C=O) groups excluding carboxylic acids is 1. The van der Waals surface area contributed by atoms with Crippen molar-refractivity contribution >= 4 is 39.2 Å². The lowest BCUT2D eigenvalue weighted by Gasteiger charge is -2.24. The molecule has 26 heavy (non-hydrogen) atoms. The number of ether oxygens (including phenoxy) is 1. The van der Waals surface area contributed by atoms with E-state index in [0.717, 1.165) is 12.8 Å². The summed E-state index contributed by atoms with van der Waals surface area (Å²) in [6.45, 7) is 1.11. The third kappa shape index (κ3) is 3.55. The van der Waals surface area contributed by atoms with Crippen LogP contribution in [0.3, 0.4) is 0 Å². The minimum atomic E-state index is -3.67. The molecule has 1 saturated heterocycles. The molecule has 1 unspecified atom stereocenters. The highest BCUT2D eigenvalue weighted by atomic mass is 35.5. The van der Waals surface area contributed by atoms with E-state index in [4.69, 9.17) is 4.74 Å². The van der Waals surface area contributed by atoms with Gasteiger partial charge in [-0.1, -0.05) is 12.1 Å². The van der Waals surface area contributed by atoms with Gasteiger partial charge in [-0.2, -0.15) is 4.31 Å². The fourth-order valence-electron chi connectivity index (χ4n) is 3.35. The Bertz CT molecular complexity index is 904. The summed E-state index contributed by atoms with van der Waals surface area (Å²) < 4.78 is 32.8. The second kappa shape index (κ2) is 8.30. The van der Waals surface area contributed by atoms with E-state index in [9.17, 15) is 13.2 Å². The highest BCUT2D eigenvalue weighted by molar-refractivity contribution is 7.89. The Balaban J connectivity index is 0.00000243. The third-order valence-electron chi connectivity index (χ3n) is 4.49.